The summed E-state index contributed by atoms with van der Waals surface area (Å²) in [6.07, 6.45) is 0. The second-order valence-corrected chi connectivity index (χ2v) is 7.09. The van der Waals surface area contributed by atoms with Crippen LogP contribution in [0.3, 0.4) is 0 Å². The zero-order chi connectivity index (χ0) is 18.5. The van der Waals surface area contributed by atoms with E-state index >= 15 is 0 Å². The summed E-state index contributed by atoms with van der Waals surface area (Å²) in [5.41, 5.74) is 6.06. The third kappa shape index (κ3) is 3.82. The van der Waals surface area contributed by atoms with Crippen molar-refractivity contribution >= 4 is 11.6 Å². The standard InChI is InChI=1S/C26H21Cl/c27-26(22-16-8-3-9-17-22)24-19-11-10-18-23(24)25(20-12-4-1-5-13-20)21-14-6-2-7-15-21/h1-19,25-26H. The highest BCUT2D eigenvalue weighted by Gasteiger charge is 2.23. The van der Waals surface area contributed by atoms with Crippen molar-refractivity contribution in [2.24, 2.45) is 0 Å². The average Bonchev–Trinajstić information content (AvgIpc) is 2.76. The maximum absolute atomic E-state index is 6.96. The van der Waals surface area contributed by atoms with Crippen molar-refractivity contribution in [2.75, 3.05) is 0 Å². The fourth-order valence-electron chi connectivity index (χ4n) is 3.65. The lowest BCUT2D eigenvalue weighted by atomic mass is 9.81. The molecule has 0 radical (unpaired) electrons. The lowest BCUT2D eigenvalue weighted by Gasteiger charge is -2.24. The molecule has 132 valence electrons. The fourth-order valence-corrected chi connectivity index (χ4v) is 3.99. The predicted molar refractivity (Wildman–Crippen MR) is 114 cm³/mol. The molecule has 0 aliphatic heterocycles. The Kier molecular flexibility index (Phi) is 5.37. The molecule has 0 saturated carbocycles. The van der Waals surface area contributed by atoms with Gasteiger partial charge in [-0.05, 0) is 27.8 Å². The maximum atomic E-state index is 6.96. The first-order valence-electron chi connectivity index (χ1n) is 9.22. The van der Waals surface area contributed by atoms with Crippen molar-refractivity contribution < 1.29 is 0 Å². The molecule has 0 N–H and O–H groups in total. The van der Waals surface area contributed by atoms with E-state index in [1.54, 1.807) is 0 Å². The van der Waals surface area contributed by atoms with Crippen LogP contribution in [0.2, 0.25) is 0 Å². The van der Waals surface area contributed by atoms with Gasteiger partial charge in [-0.15, -0.1) is 11.6 Å². The Hall–Kier alpha value is -2.83. The van der Waals surface area contributed by atoms with Crippen molar-refractivity contribution in [1.29, 1.82) is 0 Å². The molecule has 0 aromatic heterocycles. The van der Waals surface area contributed by atoms with Crippen LogP contribution >= 0.6 is 11.6 Å². The SMILES string of the molecule is ClC(c1ccccc1)c1ccccc1C(c1ccccc1)c1ccccc1. The summed E-state index contributed by atoms with van der Waals surface area (Å²) in [4.78, 5) is 0. The van der Waals surface area contributed by atoms with Crippen LogP contribution < -0.4 is 0 Å². The molecule has 0 aliphatic carbocycles. The molecule has 0 spiro atoms. The molecule has 4 rings (SSSR count). The third-order valence-electron chi connectivity index (χ3n) is 4.94. The minimum absolute atomic E-state index is 0.147. The van der Waals surface area contributed by atoms with Gasteiger partial charge in [0.15, 0.2) is 0 Å². The number of hydrogen-bond acceptors (Lipinski definition) is 0. The molecule has 27 heavy (non-hydrogen) atoms. The van der Waals surface area contributed by atoms with E-state index in [1.807, 2.05) is 18.2 Å². The summed E-state index contributed by atoms with van der Waals surface area (Å²) >= 11 is 6.96. The summed E-state index contributed by atoms with van der Waals surface area (Å²) in [5, 5.41) is -0.183. The number of halogens is 1. The monoisotopic (exact) mass is 368 g/mol. The van der Waals surface area contributed by atoms with Crippen LogP contribution in [-0.4, -0.2) is 0 Å². The summed E-state index contributed by atoms with van der Waals surface area (Å²) in [6.45, 7) is 0. The quantitative estimate of drug-likeness (QED) is 0.258. The van der Waals surface area contributed by atoms with E-state index in [2.05, 4.69) is 97.1 Å². The minimum Gasteiger partial charge on any atom is -0.113 e. The van der Waals surface area contributed by atoms with Gasteiger partial charge in [0, 0.05) is 5.92 Å². The molecule has 0 bridgehead atoms. The third-order valence-corrected chi connectivity index (χ3v) is 5.43. The first-order chi connectivity index (χ1) is 13.3. The Labute approximate surface area is 166 Å². The second kappa shape index (κ2) is 8.24. The van der Waals surface area contributed by atoms with Crippen molar-refractivity contribution in [3.05, 3.63) is 143 Å². The Morgan fingerprint density at radius 1 is 0.407 bits per heavy atom. The van der Waals surface area contributed by atoms with E-state index in [-0.39, 0.29) is 11.3 Å². The maximum Gasteiger partial charge on any atom is 0.0838 e. The molecule has 0 amide bonds. The van der Waals surface area contributed by atoms with Gasteiger partial charge in [-0.1, -0.05) is 115 Å². The van der Waals surface area contributed by atoms with Crippen LogP contribution in [0.4, 0.5) is 0 Å². The van der Waals surface area contributed by atoms with E-state index in [0.29, 0.717) is 0 Å². The summed E-state index contributed by atoms with van der Waals surface area (Å²) < 4.78 is 0. The van der Waals surface area contributed by atoms with E-state index < -0.39 is 0 Å². The molecular weight excluding hydrogens is 348 g/mol. The fraction of sp³-hybridized carbons (Fsp3) is 0.0769. The van der Waals surface area contributed by atoms with Crippen LogP contribution in [0.5, 0.6) is 0 Å². The van der Waals surface area contributed by atoms with E-state index in [4.69, 9.17) is 11.6 Å². The molecule has 0 aliphatic rings. The molecule has 1 atom stereocenters. The van der Waals surface area contributed by atoms with Crippen LogP contribution in [0.1, 0.15) is 39.1 Å². The first-order valence-corrected chi connectivity index (χ1v) is 9.66. The van der Waals surface area contributed by atoms with E-state index in [1.165, 1.54) is 16.7 Å². The Bertz CT molecular complexity index is 939. The van der Waals surface area contributed by atoms with Crippen LogP contribution in [0, 0.1) is 0 Å². The summed E-state index contributed by atoms with van der Waals surface area (Å²) in [7, 11) is 0. The average molecular weight is 369 g/mol. The van der Waals surface area contributed by atoms with Crippen molar-refractivity contribution in [1.82, 2.24) is 0 Å². The van der Waals surface area contributed by atoms with Crippen molar-refractivity contribution in [3.63, 3.8) is 0 Å². The topological polar surface area (TPSA) is 0 Å². The number of alkyl halides is 1. The molecule has 0 fully saturated rings. The molecule has 4 aromatic rings. The molecule has 4 aromatic carbocycles. The number of hydrogen-bond donors (Lipinski definition) is 0. The van der Waals surface area contributed by atoms with Gasteiger partial charge in [-0.2, -0.15) is 0 Å². The Balaban J connectivity index is 1.87. The molecule has 0 heterocycles. The lowest BCUT2D eigenvalue weighted by molar-refractivity contribution is 0.939. The minimum atomic E-state index is -0.183. The second-order valence-electron chi connectivity index (χ2n) is 6.66. The van der Waals surface area contributed by atoms with Crippen molar-refractivity contribution in [3.8, 4) is 0 Å². The van der Waals surface area contributed by atoms with Crippen molar-refractivity contribution in [2.45, 2.75) is 11.3 Å². The highest BCUT2D eigenvalue weighted by Crippen LogP contribution is 2.39. The van der Waals surface area contributed by atoms with Crippen LogP contribution in [0.15, 0.2) is 115 Å². The van der Waals surface area contributed by atoms with Gasteiger partial charge >= 0.3 is 0 Å². The Morgan fingerprint density at radius 2 is 0.778 bits per heavy atom. The molecule has 0 saturated heterocycles. The zero-order valence-corrected chi connectivity index (χ0v) is 15.8. The highest BCUT2D eigenvalue weighted by atomic mass is 35.5. The molecular formula is C26H21Cl. The smallest absolute Gasteiger partial charge is 0.0838 e. The van der Waals surface area contributed by atoms with E-state index in [9.17, 15) is 0 Å². The normalized spacial score (nSPS) is 12.1. The largest absolute Gasteiger partial charge is 0.113 e. The van der Waals surface area contributed by atoms with E-state index in [0.717, 1.165) is 11.1 Å². The van der Waals surface area contributed by atoms with Gasteiger partial charge in [0.1, 0.15) is 0 Å². The van der Waals surface area contributed by atoms with Crippen LogP contribution in [-0.2, 0) is 0 Å². The van der Waals surface area contributed by atoms with Gasteiger partial charge in [0.25, 0.3) is 0 Å². The number of rotatable bonds is 5. The van der Waals surface area contributed by atoms with Gasteiger partial charge in [0.2, 0.25) is 0 Å². The lowest BCUT2D eigenvalue weighted by Crippen LogP contribution is -2.08. The summed E-state index contributed by atoms with van der Waals surface area (Å²) in [5.74, 6) is 0.147. The Morgan fingerprint density at radius 3 is 1.26 bits per heavy atom. The van der Waals surface area contributed by atoms with Gasteiger partial charge < -0.3 is 0 Å². The van der Waals surface area contributed by atoms with Crippen LogP contribution in [0.25, 0.3) is 0 Å². The number of benzene rings is 4. The highest BCUT2D eigenvalue weighted by molar-refractivity contribution is 6.22. The predicted octanol–water partition coefficient (Wildman–Crippen LogP) is 7.20. The first kappa shape index (κ1) is 17.6. The molecule has 0 nitrogen and oxygen atoms in total. The molecule has 1 unspecified atom stereocenters. The van der Waals surface area contributed by atoms with Gasteiger partial charge in [-0.3, -0.25) is 0 Å². The summed E-state index contributed by atoms with van der Waals surface area (Å²) in [6, 6.07) is 40.1. The van der Waals surface area contributed by atoms with Gasteiger partial charge in [-0.25, -0.2) is 0 Å². The zero-order valence-electron chi connectivity index (χ0n) is 15.0. The molecule has 1 heteroatoms. The van der Waals surface area contributed by atoms with Gasteiger partial charge in [0.05, 0.1) is 5.38 Å².